The topological polar surface area (TPSA) is 68.3 Å². The van der Waals surface area contributed by atoms with Crippen molar-refractivity contribution in [2.24, 2.45) is 0 Å². The van der Waals surface area contributed by atoms with Gasteiger partial charge in [-0.2, -0.15) is 0 Å². The van der Waals surface area contributed by atoms with Gasteiger partial charge in [-0.05, 0) is 43.2 Å². The smallest absolute Gasteiger partial charge is 0.226 e. The number of benzene rings is 2. The molecule has 0 aliphatic rings. The van der Waals surface area contributed by atoms with E-state index in [1.807, 2.05) is 25.1 Å². The second-order valence-electron chi connectivity index (χ2n) is 6.35. The summed E-state index contributed by atoms with van der Waals surface area (Å²) >= 11 is 1.45. The van der Waals surface area contributed by atoms with Crippen LogP contribution in [0.5, 0.6) is 5.75 Å². The summed E-state index contributed by atoms with van der Waals surface area (Å²) in [6.45, 7) is 4.02. The SMILES string of the molecule is CCc1ccc2nc(NC(=O)CCC(=O)c3cc(C)ccc3OC)sc2c1. The molecular formula is C21H22N2O3S. The van der Waals surface area contributed by atoms with Crippen molar-refractivity contribution >= 4 is 38.4 Å². The highest BCUT2D eigenvalue weighted by atomic mass is 32.1. The second kappa shape index (κ2) is 8.31. The molecule has 0 unspecified atom stereocenters. The largest absolute Gasteiger partial charge is 0.496 e. The van der Waals surface area contributed by atoms with Gasteiger partial charge in [0.05, 0.1) is 22.9 Å². The Morgan fingerprint density at radius 2 is 1.96 bits per heavy atom. The van der Waals surface area contributed by atoms with Crippen molar-refractivity contribution in [3.05, 3.63) is 53.1 Å². The molecule has 27 heavy (non-hydrogen) atoms. The van der Waals surface area contributed by atoms with Gasteiger partial charge in [-0.15, -0.1) is 0 Å². The third-order valence-corrected chi connectivity index (χ3v) is 5.28. The Bertz CT molecular complexity index is 994. The lowest BCUT2D eigenvalue weighted by molar-refractivity contribution is -0.116. The van der Waals surface area contributed by atoms with Gasteiger partial charge in [0.1, 0.15) is 5.75 Å². The van der Waals surface area contributed by atoms with E-state index < -0.39 is 0 Å². The van der Waals surface area contributed by atoms with Crippen LogP contribution in [-0.2, 0) is 11.2 Å². The van der Waals surface area contributed by atoms with Crippen molar-refractivity contribution in [1.82, 2.24) is 4.98 Å². The summed E-state index contributed by atoms with van der Waals surface area (Å²) in [5, 5.41) is 3.36. The van der Waals surface area contributed by atoms with Crippen molar-refractivity contribution in [1.29, 1.82) is 0 Å². The molecule has 1 aromatic heterocycles. The quantitative estimate of drug-likeness (QED) is 0.597. The zero-order chi connectivity index (χ0) is 19.4. The molecule has 2 aromatic carbocycles. The third kappa shape index (κ3) is 4.52. The van der Waals surface area contributed by atoms with Gasteiger partial charge in [0.2, 0.25) is 5.91 Å². The van der Waals surface area contributed by atoms with Crippen molar-refractivity contribution in [2.75, 3.05) is 12.4 Å². The van der Waals surface area contributed by atoms with E-state index in [4.69, 9.17) is 4.74 Å². The minimum absolute atomic E-state index is 0.103. The van der Waals surface area contributed by atoms with Crippen LogP contribution in [0.3, 0.4) is 0 Å². The number of Topliss-reactive ketones (excluding diaryl/α,β-unsaturated/α-hetero) is 1. The molecule has 0 aliphatic carbocycles. The predicted octanol–water partition coefficient (Wildman–Crippen LogP) is 4.78. The maximum Gasteiger partial charge on any atom is 0.226 e. The zero-order valence-electron chi connectivity index (χ0n) is 15.7. The highest BCUT2D eigenvalue weighted by molar-refractivity contribution is 7.22. The van der Waals surface area contributed by atoms with Crippen molar-refractivity contribution in [3.8, 4) is 5.75 Å². The third-order valence-electron chi connectivity index (χ3n) is 4.34. The number of rotatable bonds is 7. The van der Waals surface area contributed by atoms with E-state index in [9.17, 15) is 9.59 Å². The number of hydrogen-bond acceptors (Lipinski definition) is 5. The maximum atomic E-state index is 12.5. The van der Waals surface area contributed by atoms with Gasteiger partial charge in [0, 0.05) is 12.8 Å². The molecule has 0 atom stereocenters. The van der Waals surface area contributed by atoms with Crippen LogP contribution in [0.2, 0.25) is 0 Å². The number of thiazole rings is 1. The van der Waals surface area contributed by atoms with Crippen LogP contribution in [0, 0.1) is 6.92 Å². The van der Waals surface area contributed by atoms with Gasteiger partial charge in [-0.3, -0.25) is 9.59 Å². The molecule has 140 valence electrons. The van der Waals surface area contributed by atoms with E-state index >= 15 is 0 Å². The van der Waals surface area contributed by atoms with Crippen LogP contribution < -0.4 is 10.1 Å². The molecule has 0 saturated heterocycles. The number of hydrogen-bond donors (Lipinski definition) is 1. The number of carbonyl (C=O) groups excluding carboxylic acids is 2. The summed E-state index contributed by atoms with van der Waals surface area (Å²) in [7, 11) is 1.53. The fourth-order valence-electron chi connectivity index (χ4n) is 2.83. The number of aryl methyl sites for hydroxylation is 2. The van der Waals surface area contributed by atoms with Crippen LogP contribution in [0.25, 0.3) is 10.2 Å². The highest BCUT2D eigenvalue weighted by Crippen LogP contribution is 2.27. The van der Waals surface area contributed by atoms with Gasteiger partial charge >= 0.3 is 0 Å². The molecule has 0 fully saturated rings. The van der Waals surface area contributed by atoms with Crippen LogP contribution in [0.1, 0.15) is 41.3 Å². The summed E-state index contributed by atoms with van der Waals surface area (Å²) in [5.41, 5.74) is 3.59. The summed E-state index contributed by atoms with van der Waals surface area (Å²) in [5.74, 6) is 0.205. The molecule has 0 spiro atoms. The summed E-state index contributed by atoms with van der Waals surface area (Å²) in [6.07, 6.45) is 1.18. The normalized spacial score (nSPS) is 10.8. The lowest BCUT2D eigenvalue weighted by atomic mass is 10.0. The number of nitrogens with zero attached hydrogens (tertiary/aromatic N) is 1. The average Bonchev–Trinajstić information content (AvgIpc) is 3.07. The fraction of sp³-hybridized carbons (Fsp3) is 0.286. The van der Waals surface area contributed by atoms with E-state index in [1.54, 1.807) is 12.1 Å². The van der Waals surface area contributed by atoms with E-state index in [0.717, 1.165) is 22.2 Å². The van der Waals surface area contributed by atoms with Gasteiger partial charge in [0.25, 0.3) is 0 Å². The van der Waals surface area contributed by atoms with Crippen molar-refractivity contribution in [3.63, 3.8) is 0 Å². The van der Waals surface area contributed by atoms with Gasteiger partial charge in [-0.25, -0.2) is 4.98 Å². The summed E-state index contributed by atoms with van der Waals surface area (Å²) in [4.78, 5) is 29.1. The lowest BCUT2D eigenvalue weighted by Gasteiger charge is -2.08. The van der Waals surface area contributed by atoms with Crippen LogP contribution >= 0.6 is 11.3 Å². The highest BCUT2D eigenvalue weighted by Gasteiger charge is 2.15. The first-order valence-electron chi connectivity index (χ1n) is 8.87. The Morgan fingerprint density at radius 1 is 1.15 bits per heavy atom. The Balaban J connectivity index is 1.63. The molecular weight excluding hydrogens is 360 g/mol. The number of ether oxygens (including phenoxy) is 1. The number of methoxy groups -OCH3 is 1. The van der Waals surface area contributed by atoms with Crippen molar-refractivity contribution in [2.45, 2.75) is 33.1 Å². The zero-order valence-corrected chi connectivity index (χ0v) is 16.5. The minimum Gasteiger partial charge on any atom is -0.496 e. The number of nitrogens with one attached hydrogen (secondary N) is 1. The van der Waals surface area contributed by atoms with Crippen molar-refractivity contribution < 1.29 is 14.3 Å². The first kappa shape index (κ1) is 19.0. The van der Waals surface area contributed by atoms with Gasteiger partial charge < -0.3 is 10.1 Å². The standard InChI is InChI=1S/C21H22N2O3S/c1-4-14-6-7-16-19(12-14)27-21(22-16)23-20(25)10-8-17(24)15-11-13(2)5-9-18(15)26-3/h5-7,9,11-12H,4,8,10H2,1-3H3,(H,22,23,25). The van der Waals surface area contributed by atoms with Gasteiger partial charge in [0.15, 0.2) is 10.9 Å². The predicted molar refractivity (Wildman–Crippen MR) is 109 cm³/mol. The lowest BCUT2D eigenvalue weighted by Crippen LogP contribution is -2.13. The number of carbonyl (C=O) groups is 2. The summed E-state index contributed by atoms with van der Waals surface area (Å²) < 4.78 is 6.29. The first-order chi connectivity index (χ1) is 13.0. The van der Waals surface area contributed by atoms with Crippen LogP contribution in [-0.4, -0.2) is 23.8 Å². The van der Waals surface area contributed by atoms with Gasteiger partial charge in [-0.1, -0.05) is 36.0 Å². The van der Waals surface area contributed by atoms with E-state index in [0.29, 0.717) is 16.4 Å². The fourth-order valence-corrected chi connectivity index (χ4v) is 3.77. The Labute approximate surface area is 162 Å². The first-order valence-corrected chi connectivity index (χ1v) is 9.69. The Kier molecular flexibility index (Phi) is 5.86. The van der Waals surface area contributed by atoms with Crippen LogP contribution in [0.4, 0.5) is 5.13 Å². The van der Waals surface area contributed by atoms with E-state index in [2.05, 4.69) is 23.3 Å². The number of ketones is 1. The number of amides is 1. The molecule has 1 N–H and O–H groups in total. The maximum absolute atomic E-state index is 12.5. The summed E-state index contributed by atoms with van der Waals surface area (Å²) in [6, 6.07) is 11.6. The Morgan fingerprint density at radius 3 is 2.70 bits per heavy atom. The number of anilines is 1. The molecule has 1 amide bonds. The monoisotopic (exact) mass is 382 g/mol. The Hall–Kier alpha value is -2.73. The molecule has 3 rings (SSSR count). The molecule has 0 aliphatic heterocycles. The molecule has 3 aromatic rings. The molecule has 6 heteroatoms. The molecule has 0 radical (unpaired) electrons. The molecule has 1 heterocycles. The van der Waals surface area contributed by atoms with Crippen LogP contribution in [0.15, 0.2) is 36.4 Å². The number of fused-ring (bicyclic) bond motifs is 1. The molecule has 0 bridgehead atoms. The molecule has 0 saturated carbocycles. The van der Waals surface area contributed by atoms with E-state index in [1.165, 1.54) is 24.0 Å². The molecule has 5 nitrogen and oxygen atoms in total. The number of aromatic nitrogens is 1. The minimum atomic E-state index is -0.218. The second-order valence-corrected chi connectivity index (χ2v) is 7.38. The van der Waals surface area contributed by atoms with E-state index in [-0.39, 0.29) is 24.5 Å². The average molecular weight is 382 g/mol.